The predicted octanol–water partition coefficient (Wildman–Crippen LogP) is 3.05. The number of rotatable bonds is 4. The van der Waals surface area contributed by atoms with Gasteiger partial charge < -0.3 is 0 Å². The van der Waals surface area contributed by atoms with Crippen LogP contribution in [0.5, 0.6) is 0 Å². The zero-order valence-electron chi connectivity index (χ0n) is 10.9. The van der Waals surface area contributed by atoms with E-state index in [9.17, 15) is 13.2 Å². The summed E-state index contributed by atoms with van der Waals surface area (Å²) in [6, 6.07) is 8.09. The molecule has 0 fully saturated rings. The molecular formula is C14H14BrNO3S. The lowest BCUT2D eigenvalue weighted by atomic mass is 10.2. The van der Waals surface area contributed by atoms with Crippen molar-refractivity contribution in [2.45, 2.75) is 23.1 Å². The molecular weight excluding hydrogens is 342 g/mol. The first-order valence-corrected chi connectivity index (χ1v) is 8.64. The fourth-order valence-electron chi connectivity index (χ4n) is 1.75. The number of aromatic nitrogens is 1. The first-order chi connectivity index (χ1) is 9.45. The largest absolute Gasteiger partial charge is 0.293 e. The highest BCUT2D eigenvalue weighted by atomic mass is 79.9. The van der Waals surface area contributed by atoms with Gasteiger partial charge in [-0.15, -0.1) is 0 Å². The summed E-state index contributed by atoms with van der Waals surface area (Å²) in [6.45, 7) is 1.89. The van der Waals surface area contributed by atoms with Crippen LogP contribution in [0.1, 0.15) is 16.8 Å². The number of hydrogen-bond donors (Lipinski definition) is 0. The van der Waals surface area contributed by atoms with Gasteiger partial charge in [-0.1, -0.05) is 33.6 Å². The van der Waals surface area contributed by atoms with Gasteiger partial charge in [-0.2, -0.15) is 0 Å². The van der Waals surface area contributed by atoms with E-state index in [0.717, 1.165) is 5.56 Å². The summed E-state index contributed by atoms with van der Waals surface area (Å²) in [4.78, 5) is 12.1. The summed E-state index contributed by atoms with van der Waals surface area (Å²) in [5.41, 5.74) is 0.994. The van der Waals surface area contributed by atoms with Crippen LogP contribution < -0.4 is 0 Å². The first kappa shape index (κ1) is 15.0. The topological polar surface area (TPSA) is 56.1 Å². The third kappa shape index (κ3) is 3.02. The van der Waals surface area contributed by atoms with Crippen LogP contribution in [0.3, 0.4) is 0 Å². The zero-order valence-corrected chi connectivity index (χ0v) is 13.3. The van der Waals surface area contributed by atoms with Crippen molar-refractivity contribution in [2.24, 2.45) is 0 Å². The van der Waals surface area contributed by atoms with E-state index in [2.05, 4.69) is 15.9 Å². The van der Waals surface area contributed by atoms with Crippen molar-refractivity contribution < 1.29 is 13.2 Å². The Bertz CT molecular complexity index is 717. The Hall–Kier alpha value is -1.40. The molecule has 106 valence electrons. The Morgan fingerprint density at radius 3 is 2.40 bits per heavy atom. The van der Waals surface area contributed by atoms with Crippen molar-refractivity contribution >= 4 is 31.7 Å². The van der Waals surface area contributed by atoms with Gasteiger partial charge in [-0.05, 0) is 25.1 Å². The first-order valence-electron chi connectivity index (χ1n) is 6.04. The second-order valence-corrected chi connectivity index (χ2v) is 7.15. The van der Waals surface area contributed by atoms with Crippen LogP contribution >= 0.6 is 15.9 Å². The summed E-state index contributed by atoms with van der Waals surface area (Å²) >= 11 is 3.18. The number of halogens is 1. The minimum atomic E-state index is -3.57. The molecule has 1 heterocycles. The molecule has 0 aliphatic heterocycles. The normalized spacial score (nSPS) is 11.5. The maximum atomic E-state index is 12.4. The summed E-state index contributed by atoms with van der Waals surface area (Å²) in [7, 11) is -3.57. The number of sulfone groups is 1. The quantitative estimate of drug-likeness (QED) is 0.792. The Morgan fingerprint density at radius 1 is 1.15 bits per heavy atom. The molecule has 0 atom stereocenters. The monoisotopic (exact) mass is 355 g/mol. The SMILES string of the molecule is Cc1ccc(S(=O)(=O)c2ccn(C(=O)CCBr)c2)cc1. The summed E-state index contributed by atoms with van der Waals surface area (Å²) in [5.74, 6) is -0.146. The van der Waals surface area contributed by atoms with Crippen molar-refractivity contribution in [2.75, 3.05) is 5.33 Å². The van der Waals surface area contributed by atoms with Crippen molar-refractivity contribution in [1.29, 1.82) is 0 Å². The Labute approximate surface area is 126 Å². The molecule has 1 aromatic heterocycles. The molecule has 0 saturated heterocycles. The van der Waals surface area contributed by atoms with E-state index in [-0.39, 0.29) is 15.7 Å². The van der Waals surface area contributed by atoms with Crippen molar-refractivity contribution in [3.63, 3.8) is 0 Å². The lowest BCUT2D eigenvalue weighted by Gasteiger charge is -2.03. The number of benzene rings is 1. The third-order valence-electron chi connectivity index (χ3n) is 2.90. The van der Waals surface area contributed by atoms with Crippen LogP contribution in [0.15, 0.2) is 52.5 Å². The van der Waals surface area contributed by atoms with E-state index in [0.29, 0.717) is 11.8 Å². The van der Waals surface area contributed by atoms with Crippen LogP contribution in [-0.4, -0.2) is 24.2 Å². The van der Waals surface area contributed by atoms with Gasteiger partial charge in [0.2, 0.25) is 15.7 Å². The highest BCUT2D eigenvalue weighted by Crippen LogP contribution is 2.21. The number of nitrogens with zero attached hydrogens (tertiary/aromatic N) is 1. The maximum Gasteiger partial charge on any atom is 0.231 e. The minimum absolute atomic E-state index is 0.129. The van der Waals surface area contributed by atoms with E-state index in [4.69, 9.17) is 0 Å². The Kier molecular flexibility index (Phi) is 4.45. The molecule has 0 bridgehead atoms. The molecule has 0 unspecified atom stereocenters. The molecule has 2 rings (SSSR count). The average Bonchev–Trinajstić information content (AvgIpc) is 2.90. The number of carbonyl (C=O) groups is 1. The molecule has 0 radical (unpaired) electrons. The van der Waals surface area contributed by atoms with Crippen LogP contribution in [0.2, 0.25) is 0 Å². The fourth-order valence-corrected chi connectivity index (χ4v) is 3.35. The summed E-state index contributed by atoms with van der Waals surface area (Å²) in [5, 5.41) is 0.546. The molecule has 2 aromatic rings. The van der Waals surface area contributed by atoms with Gasteiger partial charge in [0.05, 0.1) is 9.79 Å². The molecule has 0 amide bonds. The van der Waals surface area contributed by atoms with Crippen LogP contribution in [0.25, 0.3) is 0 Å². The van der Waals surface area contributed by atoms with Crippen molar-refractivity contribution in [1.82, 2.24) is 4.57 Å². The molecule has 0 saturated carbocycles. The number of hydrogen-bond acceptors (Lipinski definition) is 3. The second-order valence-electron chi connectivity index (χ2n) is 4.40. The molecule has 4 nitrogen and oxygen atoms in total. The smallest absolute Gasteiger partial charge is 0.231 e. The van der Waals surface area contributed by atoms with Gasteiger partial charge in [0.25, 0.3) is 0 Å². The van der Waals surface area contributed by atoms with Crippen molar-refractivity contribution in [3.05, 3.63) is 48.3 Å². The van der Waals surface area contributed by atoms with E-state index in [1.54, 1.807) is 24.3 Å². The van der Waals surface area contributed by atoms with Crippen LogP contribution in [-0.2, 0) is 9.84 Å². The molecule has 0 aliphatic rings. The minimum Gasteiger partial charge on any atom is -0.293 e. The Morgan fingerprint density at radius 2 is 1.80 bits per heavy atom. The van der Waals surface area contributed by atoms with Gasteiger partial charge in [0, 0.05) is 24.1 Å². The van der Waals surface area contributed by atoms with E-state index >= 15 is 0 Å². The van der Waals surface area contributed by atoms with E-state index < -0.39 is 9.84 Å². The maximum absolute atomic E-state index is 12.4. The van der Waals surface area contributed by atoms with Gasteiger partial charge >= 0.3 is 0 Å². The number of carbonyl (C=O) groups excluding carboxylic acids is 1. The summed E-state index contributed by atoms with van der Waals surface area (Å²) in [6.07, 6.45) is 3.16. The number of aryl methyl sites for hydroxylation is 1. The zero-order chi connectivity index (χ0) is 14.8. The van der Waals surface area contributed by atoms with E-state index in [1.807, 2.05) is 6.92 Å². The molecule has 20 heavy (non-hydrogen) atoms. The van der Waals surface area contributed by atoms with Gasteiger partial charge in [-0.3, -0.25) is 9.36 Å². The third-order valence-corrected chi connectivity index (χ3v) is 5.06. The second kappa shape index (κ2) is 5.93. The molecule has 1 aromatic carbocycles. The summed E-state index contributed by atoms with van der Waals surface area (Å²) < 4.78 is 26.1. The lowest BCUT2D eigenvalue weighted by molar-refractivity contribution is 0.0910. The lowest BCUT2D eigenvalue weighted by Crippen LogP contribution is -2.08. The van der Waals surface area contributed by atoms with Gasteiger partial charge in [-0.25, -0.2) is 8.42 Å². The molecule has 0 spiro atoms. The van der Waals surface area contributed by atoms with E-state index in [1.165, 1.54) is 23.0 Å². The standard InChI is InChI=1S/C14H14BrNO3S/c1-11-2-4-12(5-3-11)20(18,19)13-7-9-16(10-13)14(17)6-8-15/h2-5,7,9-10H,6,8H2,1H3. The fraction of sp³-hybridized carbons (Fsp3) is 0.214. The molecule has 6 heteroatoms. The van der Waals surface area contributed by atoms with Crippen LogP contribution in [0.4, 0.5) is 0 Å². The Balaban J connectivity index is 2.35. The van der Waals surface area contributed by atoms with Gasteiger partial charge in [0.15, 0.2) is 0 Å². The number of alkyl halides is 1. The predicted molar refractivity (Wildman–Crippen MR) is 80.1 cm³/mol. The highest BCUT2D eigenvalue weighted by Gasteiger charge is 2.19. The molecule has 0 aliphatic carbocycles. The molecule has 0 N–H and O–H groups in total. The van der Waals surface area contributed by atoms with Crippen molar-refractivity contribution in [3.8, 4) is 0 Å². The highest BCUT2D eigenvalue weighted by molar-refractivity contribution is 9.09. The average molecular weight is 356 g/mol. The van der Waals surface area contributed by atoms with Crippen LogP contribution in [0, 0.1) is 6.92 Å². The van der Waals surface area contributed by atoms with Gasteiger partial charge in [0.1, 0.15) is 0 Å².